The molecule has 0 aromatic heterocycles. The lowest BCUT2D eigenvalue weighted by atomic mass is 10.0. The first kappa shape index (κ1) is 12.8. The van der Waals surface area contributed by atoms with E-state index in [1.807, 2.05) is 12.5 Å². The van der Waals surface area contributed by atoms with Crippen LogP contribution in [0.15, 0.2) is 16.5 Å². The van der Waals surface area contributed by atoms with Gasteiger partial charge >= 0.3 is 0 Å². The third-order valence-electron chi connectivity index (χ3n) is 2.05. The SMILES string of the molecule is C=C(SC=NCC)C(CC)CCC. The molecule has 1 atom stereocenters. The Kier molecular flexibility index (Phi) is 8.21. The standard InChI is InChI=1S/C11H21NS/c1-5-8-11(6-2)10(4)13-9-12-7-3/h9,11H,4-8H2,1-3H3. The molecule has 0 aromatic carbocycles. The summed E-state index contributed by atoms with van der Waals surface area (Å²) in [6, 6.07) is 0. The highest BCUT2D eigenvalue weighted by Gasteiger charge is 2.08. The zero-order valence-electron chi connectivity index (χ0n) is 9.05. The number of allylic oxidation sites excluding steroid dienone is 1. The van der Waals surface area contributed by atoms with Crippen molar-refractivity contribution >= 4 is 17.3 Å². The molecule has 0 heterocycles. The summed E-state index contributed by atoms with van der Waals surface area (Å²) in [5.74, 6) is 0.665. The molecule has 0 bridgehead atoms. The van der Waals surface area contributed by atoms with Crippen LogP contribution in [0.4, 0.5) is 0 Å². The van der Waals surface area contributed by atoms with Gasteiger partial charge in [0.1, 0.15) is 0 Å². The van der Waals surface area contributed by atoms with Crippen LogP contribution in [0.1, 0.15) is 40.0 Å². The van der Waals surface area contributed by atoms with Crippen molar-refractivity contribution in [1.82, 2.24) is 0 Å². The van der Waals surface area contributed by atoms with Crippen LogP contribution in [0.2, 0.25) is 0 Å². The Labute approximate surface area is 86.7 Å². The lowest BCUT2D eigenvalue weighted by Crippen LogP contribution is -1.98. The van der Waals surface area contributed by atoms with Gasteiger partial charge in [0, 0.05) is 6.54 Å². The Balaban J connectivity index is 3.83. The summed E-state index contributed by atoms with van der Waals surface area (Å²) in [6.07, 6.45) is 3.69. The van der Waals surface area contributed by atoms with Crippen molar-refractivity contribution < 1.29 is 0 Å². The molecule has 76 valence electrons. The summed E-state index contributed by atoms with van der Waals surface area (Å²) in [5, 5.41) is 0. The van der Waals surface area contributed by atoms with Gasteiger partial charge in [0.05, 0.1) is 5.55 Å². The molecule has 1 unspecified atom stereocenters. The third kappa shape index (κ3) is 5.92. The number of rotatable bonds is 7. The van der Waals surface area contributed by atoms with E-state index < -0.39 is 0 Å². The van der Waals surface area contributed by atoms with E-state index in [9.17, 15) is 0 Å². The van der Waals surface area contributed by atoms with Crippen LogP contribution in [0.3, 0.4) is 0 Å². The molecule has 0 aliphatic heterocycles. The van der Waals surface area contributed by atoms with Crippen LogP contribution in [0.5, 0.6) is 0 Å². The molecule has 0 aromatic rings. The normalized spacial score (nSPS) is 13.5. The van der Waals surface area contributed by atoms with E-state index in [1.165, 1.54) is 24.2 Å². The second kappa shape index (κ2) is 8.36. The van der Waals surface area contributed by atoms with E-state index in [0.717, 1.165) is 6.54 Å². The van der Waals surface area contributed by atoms with Crippen molar-refractivity contribution in [2.75, 3.05) is 6.54 Å². The summed E-state index contributed by atoms with van der Waals surface area (Å²) >= 11 is 1.69. The number of thioether (sulfide) groups is 1. The fourth-order valence-corrected chi connectivity index (χ4v) is 2.05. The van der Waals surface area contributed by atoms with Gasteiger partial charge in [-0.05, 0) is 30.6 Å². The summed E-state index contributed by atoms with van der Waals surface area (Å²) in [7, 11) is 0. The minimum Gasteiger partial charge on any atom is -0.286 e. The third-order valence-corrected chi connectivity index (χ3v) is 2.94. The first-order valence-corrected chi connectivity index (χ1v) is 5.97. The monoisotopic (exact) mass is 199 g/mol. The number of hydrogen-bond donors (Lipinski definition) is 0. The van der Waals surface area contributed by atoms with E-state index in [1.54, 1.807) is 11.8 Å². The second-order valence-corrected chi connectivity index (χ2v) is 4.05. The van der Waals surface area contributed by atoms with Gasteiger partial charge in [-0.25, -0.2) is 0 Å². The summed E-state index contributed by atoms with van der Waals surface area (Å²) in [6.45, 7) is 11.4. The molecule has 0 saturated carbocycles. The van der Waals surface area contributed by atoms with Crippen molar-refractivity contribution in [3.05, 3.63) is 11.5 Å². The molecule has 0 spiro atoms. The number of aliphatic imine (C=N–C) groups is 1. The van der Waals surface area contributed by atoms with E-state index in [2.05, 4.69) is 25.4 Å². The van der Waals surface area contributed by atoms with Gasteiger partial charge in [-0.3, -0.25) is 4.99 Å². The summed E-state index contributed by atoms with van der Waals surface area (Å²) in [5.41, 5.74) is 1.92. The first-order chi connectivity index (χ1) is 6.26. The zero-order chi connectivity index (χ0) is 10.1. The minimum absolute atomic E-state index is 0.665. The van der Waals surface area contributed by atoms with Gasteiger partial charge < -0.3 is 0 Å². The maximum atomic E-state index is 4.17. The van der Waals surface area contributed by atoms with Crippen LogP contribution in [-0.4, -0.2) is 12.1 Å². The van der Waals surface area contributed by atoms with Gasteiger partial charge in [0.2, 0.25) is 0 Å². The highest BCUT2D eigenvalue weighted by Crippen LogP contribution is 2.27. The molecular formula is C11H21NS. The van der Waals surface area contributed by atoms with Gasteiger partial charge in [0.15, 0.2) is 0 Å². The molecule has 0 N–H and O–H groups in total. The predicted octanol–water partition coefficient (Wildman–Crippen LogP) is 4.11. The minimum atomic E-state index is 0.665. The lowest BCUT2D eigenvalue weighted by molar-refractivity contribution is 0.557. The summed E-state index contributed by atoms with van der Waals surface area (Å²) in [4.78, 5) is 5.43. The van der Waals surface area contributed by atoms with Gasteiger partial charge in [0.25, 0.3) is 0 Å². The molecule has 0 fully saturated rings. The van der Waals surface area contributed by atoms with E-state index in [-0.39, 0.29) is 0 Å². The molecule has 0 radical (unpaired) electrons. The largest absolute Gasteiger partial charge is 0.286 e. The Morgan fingerprint density at radius 2 is 2.15 bits per heavy atom. The maximum Gasteiger partial charge on any atom is 0.0585 e. The molecule has 0 aliphatic rings. The summed E-state index contributed by atoms with van der Waals surface area (Å²) < 4.78 is 0. The van der Waals surface area contributed by atoms with E-state index in [0.29, 0.717) is 5.92 Å². The second-order valence-electron chi connectivity index (χ2n) is 3.08. The topological polar surface area (TPSA) is 12.4 Å². The van der Waals surface area contributed by atoms with Gasteiger partial charge in [-0.15, -0.1) is 0 Å². The fraction of sp³-hybridized carbons (Fsp3) is 0.727. The smallest absolute Gasteiger partial charge is 0.0585 e. The van der Waals surface area contributed by atoms with Crippen LogP contribution in [0, 0.1) is 5.92 Å². The van der Waals surface area contributed by atoms with Crippen LogP contribution in [0.25, 0.3) is 0 Å². The molecule has 1 nitrogen and oxygen atoms in total. The Hall–Kier alpha value is -0.240. The van der Waals surface area contributed by atoms with Gasteiger partial charge in [-0.2, -0.15) is 0 Å². The molecule has 13 heavy (non-hydrogen) atoms. The molecule has 0 rings (SSSR count). The van der Waals surface area contributed by atoms with Crippen molar-refractivity contribution in [3.63, 3.8) is 0 Å². The lowest BCUT2D eigenvalue weighted by Gasteiger charge is -2.14. The van der Waals surface area contributed by atoms with E-state index >= 15 is 0 Å². The average molecular weight is 199 g/mol. The Bertz CT molecular complexity index is 163. The quantitative estimate of drug-likeness (QED) is 0.444. The molecule has 2 heteroatoms. The van der Waals surface area contributed by atoms with Crippen LogP contribution >= 0.6 is 11.8 Å². The molecule has 0 amide bonds. The fourth-order valence-electron chi connectivity index (χ4n) is 1.22. The predicted molar refractivity (Wildman–Crippen MR) is 64.5 cm³/mol. The van der Waals surface area contributed by atoms with Crippen molar-refractivity contribution in [3.8, 4) is 0 Å². The molecule has 0 saturated heterocycles. The van der Waals surface area contributed by atoms with Crippen molar-refractivity contribution in [2.24, 2.45) is 10.9 Å². The highest BCUT2D eigenvalue weighted by atomic mass is 32.2. The van der Waals surface area contributed by atoms with Crippen LogP contribution < -0.4 is 0 Å². The first-order valence-electron chi connectivity index (χ1n) is 5.09. The Morgan fingerprint density at radius 1 is 1.46 bits per heavy atom. The van der Waals surface area contributed by atoms with E-state index in [4.69, 9.17) is 0 Å². The zero-order valence-corrected chi connectivity index (χ0v) is 9.86. The maximum absolute atomic E-state index is 4.17. The number of hydrogen-bond acceptors (Lipinski definition) is 2. The Morgan fingerprint density at radius 3 is 2.62 bits per heavy atom. The highest BCUT2D eigenvalue weighted by molar-refractivity contribution is 8.15. The van der Waals surface area contributed by atoms with Crippen LogP contribution in [-0.2, 0) is 0 Å². The molecule has 0 aliphatic carbocycles. The molecular weight excluding hydrogens is 178 g/mol. The number of nitrogens with zero attached hydrogens (tertiary/aromatic N) is 1. The average Bonchev–Trinajstić information content (AvgIpc) is 2.14. The van der Waals surface area contributed by atoms with Crippen molar-refractivity contribution in [1.29, 1.82) is 0 Å². The van der Waals surface area contributed by atoms with Gasteiger partial charge in [-0.1, -0.05) is 38.6 Å². The van der Waals surface area contributed by atoms with Crippen molar-refractivity contribution in [2.45, 2.75) is 40.0 Å².